The normalized spacial score (nSPS) is 35.4. The number of fused-ring (bicyclic) bond motifs is 1. The summed E-state index contributed by atoms with van der Waals surface area (Å²) in [6, 6.07) is 2.20. The molecule has 0 spiro atoms. The molecule has 0 aromatic carbocycles. The molecule has 1 saturated carbocycles. The number of amides is 1. The lowest BCUT2D eigenvalue weighted by atomic mass is 9.90. The highest BCUT2D eigenvalue weighted by atomic mass is 16.4. The fourth-order valence-electron chi connectivity index (χ4n) is 2.90. The van der Waals surface area contributed by atoms with Crippen LogP contribution in [0.2, 0.25) is 0 Å². The van der Waals surface area contributed by atoms with Crippen molar-refractivity contribution in [2.75, 3.05) is 13.1 Å². The fourth-order valence-corrected chi connectivity index (χ4v) is 2.90. The maximum Gasteiger partial charge on any atom is 0.407 e. The summed E-state index contributed by atoms with van der Waals surface area (Å²) in [5, 5.41) is 17.5. The van der Waals surface area contributed by atoms with Gasteiger partial charge in [0.1, 0.15) is 0 Å². The molecule has 2 rings (SSSR count). The van der Waals surface area contributed by atoms with Gasteiger partial charge in [-0.05, 0) is 30.6 Å². The topological polar surface area (TPSA) is 64.3 Å². The molecule has 1 N–H and O–H groups in total. The van der Waals surface area contributed by atoms with E-state index in [0.29, 0.717) is 37.3 Å². The van der Waals surface area contributed by atoms with Gasteiger partial charge in [0.15, 0.2) is 0 Å². The average molecular weight is 194 g/mol. The Morgan fingerprint density at radius 1 is 1.50 bits per heavy atom. The van der Waals surface area contributed by atoms with Gasteiger partial charge in [-0.15, -0.1) is 0 Å². The highest BCUT2D eigenvalue weighted by Gasteiger charge is 2.43. The predicted octanol–water partition coefficient (Wildman–Crippen LogP) is 1.54. The number of rotatable bonds is 1. The minimum Gasteiger partial charge on any atom is -0.465 e. The molecule has 0 radical (unpaired) electrons. The van der Waals surface area contributed by atoms with Crippen molar-refractivity contribution >= 4 is 6.09 Å². The number of hydrogen-bond acceptors (Lipinski definition) is 2. The third-order valence-corrected chi connectivity index (χ3v) is 3.63. The molecule has 0 aromatic heterocycles. The minimum atomic E-state index is -0.810. The molecule has 4 nitrogen and oxygen atoms in total. The zero-order chi connectivity index (χ0) is 10.1. The molecule has 0 bridgehead atoms. The van der Waals surface area contributed by atoms with Crippen LogP contribution in [0, 0.1) is 29.1 Å². The van der Waals surface area contributed by atoms with Crippen molar-refractivity contribution in [3.63, 3.8) is 0 Å². The van der Waals surface area contributed by atoms with Gasteiger partial charge in [-0.1, -0.05) is 0 Å². The fraction of sp³-hybridized carbons (Fsp3) is 0.800. The summed E-state index contributed by atoms with van der Waals surface area (Å²) in [6.45, 7) is 1.33. The highest BCUT2D eigenvalue weighted by Crippen LogP contribution is 2.43. The summed E-state index contributed by atoms with van der Waals surface area (Å²) in [6.07, 6.45) is 1.99. The van der Waals surface area contributed by atoms with Gasteiger partial charge in [0.05, 0.1) is 6.07 Å². The van der Waals surface area contributed by atoms with Crippen LogP contribution in [0.1, 0.15) is 19.3 Å². The third kappa shape index (κ3) is 1.43. The van der Waals surface area contributed by atoms with E-state index in [1.54, 1.807) is 0 Å². The number of nitrogens with zero attached hydrogens (tertiary/aromatic N) is 2. The summed E-state index contributed by atoms with van der Waals surface area (Å²) >= 11 is 0. The predicted molar refractivity (Wildman–Crippen MR) is 49.5 cm³/mol. The van der Waals surface area contributed by atoms with Crippen molar-refractivity contribution in [2.24, 2.45) is 17.8 Å². The lowest BCUT2D eigenvalue weighted by molar-refractivity contribution is 0.150. The van der Waals surface area contributed by atoms with Gasteiger partial charge in [-0.3, -0.25) is 0 Å². The van der Waals surface area contributed by atoms with E-state index in [4.69, 9.17) is 10.4 Å². The van der Waals surface area contributed by atoms with Gasteiger partial charge in [0.25, 0.3) is 0 Å². The van der Waals surface area contributed by atoms with Crippen LogP contribution in [-0.4, -0.2) is 29.2 Å². The van der Waals surface area contributed by atoms with Gasteiger partial charge in [-0.25, -0.2) is 4.79 Å². The van der Waals surface area contributed by atoms with Crippen LogP contribution in [0.4, 0.5) is 4.79 Å². The summed E-state index contributed by atoms with van der Waals surface area (Å²) in [4.78, 5) is 12.3. The summed E-state index contributed by atoms with van der Waals surface area (Å²) in [5.41, 5.74) is 0. The minimum absolute atomic E-state index is 0.439. The van der Waals surface area contributed by atoms with E-state index >= 15 is 0 Å². The zero-order valence-electron chi connectivity index (χ0n) is 8.02. The molecule has 4 heteroatoms. The Bertz CT molecular complexity index is 284. The van der Waals surface area contributed by atoms with E-state index in [-0.39, 0.29) is 0 Å². The van der Waals surface area contributed by atoms with E-state index in [9.17, 15) is 4.79 Å². The Hall–Kier alpha value is -1.24. The molecule has 3 atom stereocenters. The standard InChI is InChI=1S/C10H14N2O2/c11-4-3-7-1-2-8-5-12(10(13)14)6-9(7)8/h7-9H,1-3,5-6H2,(H,13,14). The van der Waals surface area contributed by atoms with Crippen LogP contribution in [0.5, 0.6) is 0 Å². The summed E-state index contributed by atoms with van der Waals surface area (Å²) in [5.74, 6) is 1.41. The van der Waals surface area contributed by atoms with Crippen LogP contribution >= 0.6 is 0 Å². The summed E-state index contributed by atoms with van der Waals surface area (Å²) < 4.78 is 0. The molecule has 1 amide bonds. The Kier molecular flexibility index (Phi) is 2.32. The second-order valence-electron chi connectivity index (χ2n) is 4.31. The second-order valence-corrected chi connectivity index (χ2v) is 4.31. The third-order valence-electron chi connectivity index (χ3n) is 3.63. The van der Waals surface area contributed by atoms with Crippen LogP contribution in [0.25, 0.3) is 0 Å². The van der Waals surface area contributed by atoms with Gasteiger partial charge in [0, 0.05) is 19.5 Å². The first kappa shape index (κ1) is 9.32. The molecular formula is C10H14N2O2. The van der Waals surface area contributed by atoms with Gasteiger partial charge in [-0.2, -0.15) is 5.26 Å². The van der Waals surface area contributed by atoms with Crippen LogP contribution in [0.3, 0.4) is 0 Å². The number of carbonyl (C=O) groups is 1. The molecule has 0 aromatic rings. The molecule has 2 aliphatic rings. The van der Waals surface area contributed by atoms with E-state index in [2.05, 4.69) is 6.07 Å². The quantitative estimate of drug-likeness (QED) is 0.688. The lowest BCUT2D eigenvalue weighted by Crippen LogP contribution is -2.28. The van der Waals surface area contributed by atoms with Gasteiger partial charge in [0.2, 0.25) is 0 Å². The zero-order valence-corrected chi connectivity index (χ0v) is 8.02. The molecule has 1 aliphatic carbocycles. The molecule has 1 heterocycles. The van der Waals surface area contributed by atoms with Gasteiger partial charge < -0.3 is 10.0 Å². The Morgan fingerprint density at radius 2 is 2.29 bits per heavy atom. The van der Waals surface area contributed by atoms with E-state index in [1.807, 2.05) is 0 Å². The molecule has 76 valence electrons. The first-order valence-electron chi connectivity index (χ1n) is 5.07. The molecule has 14 heavy (non-hydrogen) atoms. The molecule has 1 aliphatic heterocycles. The number of likely N-dealkylation sites (tertiary alicyclic amines) is 1. The molecule has 1 saturated heterocycles. The summed E-state index contributed by atoms with van der Waals surface area (Å²) in [7, 11) is 0. The maximum absolute atomic E-state index is 10.8. The first-order chi connectivity index (χ1) is 6.72. The Labute approximate surface area is 83.1 Å². The smallest absolute Gasteiger partial charge is 0.407 e. The van der Waals surface area contributed by atoms with E-state index in [0.717, 1.165) is 12.8 Å². The van der Waals surface area contributed by atoms with Crippen molar-refractivity contribution in [3.8, 4) is 6.07 Å². The largest absolute Gasteiger partial charge is 0.465 e. The average Bonchev–Trinajstić information content (AvgIpc) is 2.67. The van der Waals surface area contributed by atoms with Crippen LogP contribution < -0.4 is 0 Å². The second kappa shape index (κ2) is 3.49. The molecular weight excluding hydrogens is 180 g/mol. The SMILES string of the molecule is N#CCC1CCC2CN(C(=O)O)CC12. The Balaban J connectivity index is 2.00. The number of carboxylic acid groups (broad SMARTS) is 1. The number of nitriles is 1. The van der Waals surface area contributed by atoms with Crippen LogP contribution in [-0.2, 0) is 0 Å². The van der Waals surface area contributed by atoms with Crippen molar-refractivity contribution in [2.45, 2.75) is 19.3 Å². The van der Waals surface area contributed by atoms with Crippen molar-refractivity contribution in [1.29, 1.82) is 5.26 Å². The molecule has 2 fully saturated rings. The highest BCUT2D eigenvalue weighted by molar-refractivity contribution is 5.65. The maximum atomic E-state index is 10.8. The lowest BCUT2D eigenvalue weighted by Gasteiger charge is -2.16. The number of hydrogen-bond donors (Lipinski definition) is 1. The van der Waals surface area contributed by atoms with Crippen molar-refractivity contribution in [1.82, 2.24) is 4.90 Å². The van der Waals surface area contributed by atoms with Crippen molar-refractivity contribution in [3.05, 3.63) is 0 Å². The molecule has 3 unspecified atom stereocenters. The first-order valence-corrected chi connectivity index (χ1v) is 5.07. The van der Waals surface area contributed by atoms with Crippen molar-refractivity contribution < 1.29 is 9.90 Å². The van der Waals surface area contributed by atoms with Crippen LogP contribution in [0.15, 0.2) is 0 Å². The van der Waals surface area contributed by atoms with Gasteiger partial charge >= 0.3 is 6.09 Å². The van der Waals surface area contributed by atoms with E-state index < -0.39 is 6.09 Å². The Morgan fingerprint density at radius 3 is 2.93 bits per heavy atom. The van der Waals surface area contributed by atoms with E-state index in [1.165, 1.54) is 4.90 Å². The monoisotopic (exact) mass is 194 g/mol.